The number of rotatable bonds is 41. The summed E-state index contributed by atoms with van der Waals surface area (Å²) in [4.78, 5) is 0. The van der Waals surface area contributed by atoms with Crippen molar-refractivity contribution in [2.45, 2.75) is 436 Å². The molecule has 5 aliphatic heterocycles. The molecule has 5 heterocycles. The molecule has 54 heteroatoms. The molecule has 5 fully saturated rings. The second-order valence-electron chi connectivity index (χ2n) is 43.9. The van der Waals surface area contributed by atoms with Gasteiger partial charge in [0.05, 0.1) is 0 Å². The zero-order valence-corrected chi connectivity index (χ0v) is 117. The van der Waals surface area contributed by atoms with E-state index in [1.54, 1.807) is 0 Å². The quantitative estimate of drug-likeness (QED) is 0.0409. The van der Waals surface area contributed by atoms with Gasteiger partial charge in [-0.2, -0.15) is 0 Å². The highest BCUT2D eigenvalue weighted by atomic mass is 28.5. The minimum absolute atomic E-state index is 0.146. The average Bonchev–Trinajstić information content (AvgIpc) is 0.768. The van der Waals surface area contributed by atoms with Gasteiger partial charge in [0.1, 0.15) is 0 Å². The van der Waals surface area contributed by atoms with Gasteiger partial charge in [-0.25, -0.2) is 0 Å². The molecule has 25 nitrogen and oxygen atoms in total. The van der Waals surface area contributed by atoms with Crippen LogP contribution >= 0.6 is 0 Å². The molecule has 0 amide bonds. The van der Waals surface area contributed by atoms with Crippen LogP contribution in [0, 0.1) is 0 Å². The van der Waals surface area contributed by atoms with E-state index >= 15 is 0 Å². The zero-order chi connectivity index (χ0) is 93.5. The van der Waals surface area contributed by atoms with Crippen molar-refractivity contribution in [2.75, 3.05) is 0 Å². The summed E-state index contributed by atoms with van der Waals surface area (Å²) in [5, 5.41) is 0. The summed E-state index contributed by atoms with van der Waals surface area (Å²) in [5.74, 6) is 0. The van der Waals surface area contributed by atoms with Crippen molar-refractivity contribution >= 4 is 256 Å². The van der Waals surface area contributed by atoms with Crippen LogP contribution in [0.25, 0.3) is 0 Å². The van der Waals surface area contributed by atoms with Crippen LogP contribution in [0.1, 0.15) is 66.7 Å². The Labute approximate surface area is 789 Å². The Bertz CT molecular complexity index is 2650. The van der Waals surface area contributed by atoms with Crippen molar-refractivity contribution in [1.82, 2.24) is 0 Å². The summed E-state index contributed by atoms with van der Waals surface area (Å²) < 4.78 is 169. The Balaban J connectivity index is 0.000000591. The molecule has 0 spiro atoms. The molecule has 0 N–H and O–H groups in total. The van der Waals surface area contributed by atoms with E-state index in [-0.39, 0.29) is 24.4 Å². The van der Waals surface area contributed by atoms with Crippen LogP contribution in [0.4, 0.5) is 0 Å². The summed E-state index contributed by atoms with van der Waals surface area (Å²) in [7, 11) is -56.9. The zero-order valence-electron chi connectivity index (χ0n) is 86.0. The standard InChI is InChI=1S/C35H100O16Si18.C17H48O6Si7.C16H42O3Si4/c1-33-29-53(5)41-63(45-57(9)36-33)23-27-67(17,18)50-69(48-65(13,14)25-21-61-31-35(3)37-56(8)43-60(12)44-61,49-66(15,16)26-22-62-38-34(2)30-52(4)39-58(10)46-62)51-68(19,20)28-24-64-42-55(7)32-54(6)40-59(11)47-64;1-17-16-29(12,20-25(3)19-24(2)18-17)14-15-30(13,22-27(7,8)9)23-28(10,11)21-26(4,5)6;1-11-12-13-14-15-16-23(10,18-21(5,6)7)19-22(8,9)17-20(2,3)4/h33-35,52-64H,21-32H2,1-20H3;17,24-25H,14-16H2,1-13H3;11-16H2,1-10H3. The van der Waals surface area contributed by atoms with Crippen LogP contribution < -0.4 is 0 Å². The average molecular weight is 2220 g/mol. The van der Waals surface area contributed by atoms with Gasteiger partial charge in [0.25, 0.3) is 37.1 Å². The minimum atomic E-state index is -3.93. The first kappa shape index (κ1) is 121. The summed E-state index contributed by atoms with van der Waals surface area (Å²) >= 11 is 0. The fourth-order valence-corrected chi connectivity index (χ4v) is 138. The molecule has 728 valence electrons. The van der Waals surface area contributed by atoms with Crippen molar-refractivity contribution in [2.24, 2.45) is 0 Å². The Morgan fingerprint density at radius 3 is 1.11 bits per heavy atom. The molecular formula is C68H190O25Si29. The third-order valence-electron chi connectivity index (χ3n) is 20.7. The van der Waals surface area contributed by atoms with E-state index in [4.69, 9.17) is 104 Å². The van der Waals surface area contributed by atoms with Crippen LogP contribution in [0.5, 0.6) is 0 Å². The maximum Gasteiger partial charge on any atom is 0.636 e. The van der Waals surface area contributed by atoms with E-state index in [1.165, 1.54) is 32.1 Å². The Hall–Kier alpha value is 5.29. The molecule has 0 bridgehead atoms. The molecule has 0 aliphatic carbocycles. The second kappa shape index (κ2) is 53.6. The topological polar surface area (TPSA) is 231 Å². The predicted octanol–water partition coefficient (Wildman–Crippen LogP) is 17.0. The first-order valence-corrected chi connectivity index (χ1v) is 120. The van der Waals surface area contributed by atoms with Crippen molar-refractivity contribution in [3.8, 4) is 0 Å². The monoisotopic (exact) mass is 2220 g/mol. The number of hydrogen-bond donors (Lipinski definition) is 0. The molecule has 0 saturated carbocycles. The summed E-state index contributed by atoms with van der Waals surface area (Å²) in [6, 6.07) is 14.3. The van der Waals surface area contributed by atoms with E-state index in [9.17, 15) is 0 Å². The molecule has 5 saturated heterocycles. The number of hydrogen-bond acceptors (Lipinski definition) is 25. The van der Waals surface area contributed by atoms with Crippen molar-refractivity contribution in [3.05, 3.63) is 0 Å². The van der Waals surface area contributed by atoms with Crippen molar-refractivity contribution in [3.63, 3.8) is 0 Å². The lowest BCUT2D eigenvalue weighted by atomic mass is 10.2. The van der Waals surface area contributed by atoms with Gasteiger partial charge in [-0.05, 0) is 373 Å². The van der Waals surface area contributed by atoms with Crippen LogP contribution in [0.2, 0.25) is 345 Å². The normalized spacial score (nSPS) is 32.2. The van der Waals surface area contributed by atoms with E-state index in [1.807, 2.05) is 0 Å². The molecule has 23 atom stereocenters. The Morgan fingerprint density at radius 1 is 0.303 bits per heavy atom. The SMILES string of the molecule is CC1C[SiH](CC[Si](C)(C)O[Si](O[Si](C)(C)CC[SiH]2OC(C)C[SiH](C)O[SiH](C)O2)(O[Si](C)(C)CC[SiH]2O[SiH](C)CC(C)O[SiH](C)O2)O[Si](C)(C)CC[SiH]2O[SiH](C)C[SiH](C)O[SiH](C)O2)O[SiH](C)O[SiH](C)O1.CC1C[Si](C)(CC[Si](C)(O[Si](C)(C)C)O[Si](C)(C)O[Si](C)(C)C)O[SiH](C)O[SiH](C)O1.CCCCCCC[Si](C)(O[Si](C)(C)C)O[Si](C)(C)O[Si](C)(C)C. The van der Waals surface area contributed by atoms with Gasteiger partial charge in [-0.1, -0.05) is 39.0 Å². The fourth-order valence-electron chi connectivity index (χ4n) is 17.5. The lowest BCUT2D eigenvalue weighted by Crippen LogP contribution is -2.67. The maximum absolute atomic E-state index is 7.84. The molecular weight excluding hydrogens is 2030 g/mol. The van der Waals surface area contributed by atoms with Crippen LogP contribution in [0.15, 0.2) is 0 Å². The first-order chi connectivity index (χ1) is 55.3. The third kappa shape index (κ3) is 55.8. The van der Waals surface area contributed by atoms with E-state index in [2.05, 4.69) is 283 Å². The maximum atomic E-state index is 7.84. The third-order valence-corrected chi connectivity index (χ3v) is 122. The largest absolute Gasteiger partial charge is 0.636 e. The molecule has 0 radical (unpaired) electrons. The highest BCUT2D eigenvalue weighted by Crippen LogP contribution is 2.40. The van der Waals surface area contributed by atoms with Gasteiger partial charge < -0.3 is 104 Å². The van der Waals surface area contributed by atoms with Gasteiger partial charge in [0.15, 0.2) is 120 Å². The van der Waals surface area contributed by atoms with Crippen LogP contribution in [-0.2, 0) is 104 Å². The Morgan fingerprint density at radius 2 is 0.648 bits per heavy atom. The van der Waals surface area contributed by atoms with Gasteiger partial charge in [0, 0.05) is 24.4 Å². The lowest BCUT2D eigenvalue weighted by Gasteiger charge is -2.46. The van der Waals surface area contributed by atoms with E-state index < -0.39 is 256 Å². The van der Waals surface area contributed by atoms with Crippen molar-refractivity contribution < 1.29 is 104 Å². The molecule has 0 aromatic rings. The molecule has 5 rings (SSSR count). The first-order valence-electron chi connectivity index (χ1n) is 47.1. The predicted molar refractivity (Wildman–Crippen MR) is 581 cm³/mol. The highest BCUT2D eigenvalue weighted by Gasteiger charge is 2.59. The second-order valence-corrected chi connectivity index (χ2v) is 138. The number of unbranched alkanes of at least 4 members (excludes halogenated alkanes) is 4. The van der Waals surface area contributed by atoms with Gasteiger partial charge in [-0.15, -0.1) is 0 Å². The fraction of sp³-hybridized carbons (Fsp3) is 1.00. The van der Waals surface area contributed by atoms with Gasteiger partial charge in [0.2, 0.25) is 0 Å². The van der Waals surface area contributed by atoms with Crippen molar-refractivity contribution in [1.29, 1.82) is 0 Å². The minimum Gasteiger partial charge on any atom is -0.442 e. The van der Waals surface area contributed by atoms with Crippen LogP contribution in [-0.4, -0.2) is 281 Å². The highest BCUT2D eigenvalue weighted by molar-refractivity contribution is 6.95. The summed E-state index contributed by atoms with van der Waals surface area (Å²) in [6.07, 6.45) is 7.19. The van der Waals surface area contributed by atoms with Gasteiger partial charge >= 0.3 is 99.0 Å². The Kier molecular flexibility index (Phi) is 53.4. The molecule has 0 aromatic carbocycles. The smallest absolute Gasteiger partial charge is 0.442 e. The molecule has 0 aromatic heterocycles. The van der Waals surface area contributed by atoms with E-state index in [0.717, 1.165) is 96.3 Å². The van der Waals surface area contributed by atoms with Crippen LogP contribution in [0.3, 0.4) is 0 Å². The molecule has 122 heavy (non-hydrogen) atoms. The summed E-state index contributed by atoms with van der Waals surface area (Å²) in [5.41, 5.74) is 1.16. The lowest BCUT2D eigenvalue weighted by molar-refractivity contribution is 0.144. The van der Waals surface area contributed by atoms with Gasteiger partial charge in [-0.3, -0.25) is 0 Å². The molecule has 5 aliphatic rings. The summed E-state index contributed by atoms with van der Waals surface area (Å²) in [6.45, 7) is 96.5. The van der Waals surface area contributed by atoms with E-state index in [0.29, 0.717) is 0 Å². The molecule has 23 unspecified atom stereocenters.